The van der Waals surface area contributed by atoms with Crippen molar-refractivity contribution in [3.05, 3.63) is 53.1 Å². The van der Waals surface area contributed by atoms with Crippen molar-refractivity contribution in [1.82, 2.24) is 4.90 Å². The fraction of sp³-hybridized carbons (Fsp3) is 0.235. The number of rotatable bonds is 2. The zero-order valence-corrected chi connectivity index (χ0v) is 12.6. The van der Waals surface area contributed by atoms with Gasteiger partial charge in [0.25, 0.3) is 0 Å². The maximum Gasteiger partial charge on any atom is 0.172 e. The van der Waals surface area contributed by atoms with Crippen molar-refractivity contribution in [3.63, 3.8) is 0 Å². The summed E-state index contributed by atoms with van der Waals surface area (Å²) in [5, 5.41) is 12.2. The summed E-state index contributed by atoms with van der Waals surface area (Å²) in [4.78, 5) is 2.23. The van der Waals surface area contributed by atoms with Crippen LogP contribution >= 0.6 is 0 Å². The third kappa shape index (κ3) is 2.40. The number of anilines is 1. The van der Waals surface area contributed by atoms with Crippen molar-refractivity contribution < 1.29 is 5.21 Å². The zero-order valence-electron chi connectivity index (χ0n) is 12.6. The molecule has 0 unspecified atom stereocenters. The van der Waals surface area contributed by atoms with E-state index >= 15 is 0 Å². The third-order valence-electron chi connectivity index (χ3n) is 4.23. The number of benzene rings is 2. The van der Waals surface area contributed by atoms with Crippen LogP contribution in [0, 0.1) is 0 Å². The molecule has 114 valence electrons. The number of nitrogens with zero attached hydrogens (tertiary/aromatic N) is 2. The predicted octanol–water partition coefficient (Wildman–Crippen LogP) is 2.02. The molecule has 5 nitrogen and oxygen atoms in total. The second-order valence-electron chi connectivity index (χ2n) is 5.68. The van der Waals surface area contributed by atoms with Crippen LogP contribution in [0.4, 0.5) is 5.69 Å². The number of oxime groups is 1. The summed E-state index contributed by atoms with van der Waals surface area (Å²) in [5.74, 6) is 0.0470. The van der Waals surface area contributed by atoms with Gasteiger partial charge in [-0.25, -0.2) is 0 Å². The topological polar surface area (TPSA) is 87.9 Å². The summed E-state index contributed by atoms with van der Waals surface area (Å²) in [6.45, 7) is 1.77. The van der Waals surface area contributed by atoms with Crippen molar-refractivity contribution >= 4 is 11.5 Å². The van der Waals surface area contributed by atoms with Crippen LogP contribution in [-0.2, 0) is 13.0 Å². The first-order chi connectivity index (χ1) is 10.6. The van der Waals surface area contributed by atoms with Gasteiger partial charge in [-0.05, 0) is 41.8 Å². The first kappa shape index (κ1) is 14.4. The monoisotopic (exact) mass is 296 g/mol. The van der Waals surface area contributed by atoms with Crippen molar-refractivity contribution in [2.75, 3.05) is 19.3 Å². The van der Waals surface area contributed by atoms with Crippen molar-refractivity contribution in [2.45, 2.75) is 13.0 Å². The molecule has 0 aromatic heterocycles. The summed E-state index contributed by atoms with van der Waals surface area (Å²) in [6, 6.07) is 12.1. The number of hydrogen-bond donors (Lipinski definition) is 3. The number of hydrogen-bond acceptors (Lipinski definition) is 4. The van der Waals surface area contributed by atoms with E-state index in [9.17, 15) is 0 Å². The molecule has 3 rings (SSSR count). The van der Waals surface area contributed by atoms with Crippen molar-refractivity contribution in [1.29, 1.82) is 0 Å². The number of amidine groups is 1. The van der Waals surface area contributed by atoms with Crippen molar-refractivity contribution in [3.8, 4) is 11.1 Å². The van der Waals surface area contributed by atoms with Crippen LogP contribution in [0.3, 0.4) is 0 Å². The van der Waals surface area contributed by atoms with Crippen molar-refractivity contribution in [2.24, 2.45) is 10.9 Å². The molecule has 0 bridgehead atoms. The van der Waals surface area contributed by atoms with Gasteiger partial charge in [-0.1, -0.05) is 35.5 Å². The van der Waals surface area contributed by atoms with Gasteiger partial charge in [0.2, 0.25) is 0 Å². The molecule has 2 aromatic rings. The first-order valence-electron chi connectivity index (χ1n) is 7.28. The molecule has 0 radical (unpaired) electrons. The molecule has 1 aliphatic heterocycles. The van der Waals surface area contributed by atoms with Gasteiger partial charge in [0.15, 0.2) is 5.84 Å². The summed E-state index contributed by atoms with van der Waals surface area (Å²) in [6.07, 6.45) is 0.941. The Balaban J connectivity index is 2.27. The molecule has 1 aliphatic rings. The number of fused-ring (bicyclic) bond motifs is 1. The Labute approximate surface area is 129 Å². The smallest absolute Gasteiger partial charge is 0.172 e. The third-order valence-corrected chi connectivity index (χ3v) is 4.23. The maximum absolute atomic E-state index is 9.03. The molecule has 0 saturated heterocycles. The molecule has 0 saturated carbocycles. The van der Waals surface area contributed by atoms with E-state index in [1.165, 1.54) is 5.56 Å². The predicted molar refractivity (Wildman–Crippen MR) is 88.8 cm³/mol. The summed E-state index contributed by atoms with van der Waals surface area (Å²) < 4.78 is 0. The highest BCUT2D eigenvalue weighted by atomic mass is 16.4. The maximum atomic E-state index is 9.03. The molecular weight excluding hydrogens is 276 g/mol. The van der Waals surface area contributed by atoms with E-state index in [-0.39, 0.29) is 5.84 Å². The molecule has 0 fully saturated rings. The highest BCUT2D eigenvalue weighted by Crippen LogP contribution is 2.35. The van der Waals surface area contributed by atoms with Gasteiger partial charge in [-0.15, -0.1) is 0 Å². The van der Waals surface area contributed by atoms with Gasteiger partial charge >= 0.3 is 0 Å². The second-order valence-corrected chi connectivity index (χ2v) is 5.68. The van der Waals surface area contributed by atoms with E-state index in [1.54, 1.807) is 0 Å². The van der Waals surface area contributed by atoms with Crippen LogP contribution in [0.1, 0.15) is 16.7 Å². The molecule has 0 spiro atoms. The Hall–Kier alpha value is -2.53. The lowest BCUT2D eigenvalue weighted by atomic mass is 9.87. The molecule has 22 heavy (non-hydrogen) atoms. The lowest BCUT2D eigenvalue weighted by Gasteiger charge is -2.29. The van der Waals surface area contributed by atoms with Gasteiger partial charge < -0.3 is 21.6 Å². The fourth-order valence-corrected chi connectivity index (χ4v) is 3.06. The van der Waals surface area contributed by atoms with Gasteiger partial charge in [0.1, 0.15) is 0 Å². The van der Waals surface area contributed by atoms with E-state index in [4.69, 9.17) is 16.7 Å². The summed E-state index contributed by atoms with van der Waals surface area (Å²) in [5.41, 5.74) is 17.9. The Bertz CT molecular complexity index is 725. The summed E-state index contributed by atoms with van der Waals surface area (Å²) >= 11 is 0. The molecule has 5 N–H and O–H groups in total. The fourth-order valence-electron chi connectivity index (χ4n) is 3.06. The number of nitrogens with two attached hydrogens (primary N) is 2. The SMILES string of the molecule is CN1CCc2c(-c3ccccc3)cc(C(N)=NO)c(N)c2C1. The van der Waals surface area contributed by atoms with E-state index in [2.05, 4.69) is 29.2 Å². The van der Waals surface area contributed by atoms with Crippen LogP contribution in [0.5, 0.6) is 0 Å². The Morgan fingerprint density at radius 2 is 1.95 bits per heavy atom. The minimum atomic E-state index is 0.0470. The van der Waals surface area contributed by atoms with Gasteiger partial charge in [0, 0.05) is 24.3 Å². The Morgan fingerprint density at radius 1 is 1.23 bits per heavy atom. The molecule has 2 aromatic carbocycles. The second kappa shape index (κ2) is 5.69. The average molecular weight is 296 g/mol. The zero-order chi connectivity index (χ0) is 15.7. The van der Waals surface area contributed by atoms with Crippen LogP contribution < -0.4 is 11.5 Å². The largest absolute Gasteiger partial charge is 0.409 e. The lowest BCUT2D eigenvalue weighted by Crippen LogP contribution is -2.29. The molecule has 0 amide bonds. The first-order valence-corrected chi connectivity index (χ1v) is 7.28. The van der Waals surface area contributed by atoms with Crippen LogP contribution in [0.25, 0.3) is 11.1 Å². The standard InChI is InChI=1S/C17H20N4O/c1-21-8-7-12-13(11-5-3-2-4-6-11)9-14(17(19)20-22)16(18)15(12)10-21/h2-6,9,22H,7-8,10,18H2,1H3,(H2,19,20). The summed E-state index contributed by atoms with van der Waals surface area (Å²) in [7, 11) is 2.07. The minimum Gasteiger partial charge on any atom is -0.409 e. The molecule has 0 atom stereocenters. The minimum absolute atomic E-state index is 0.0470. The van der Waals surface area contributed by atoms with Gasteiger partial charge in [-0.3, -0.25) is 0 Å². The number of likely N-dealkylation sites (N-methyl/N-ethyl adjacent to an activating group) is 1. The molecular formula is C17H20N4O. The Kier molecular flexibility index (Phi) is 3.73. The van der Waals surface area contributed by atoms with E-state index in [0.29, 0.717) is 11.3 Å². The molecule has 5 heteroatoms. The normalized spacial score (nSPS) is 15.6. The average Bonchev–Trinajstić information content (AvgIpc) is 2.56. The number of nitrogen functional groups attached to an aromatic ring is 1. The van der Waals surface area contributed by atoms with E-state index in [0.717, 1.165) is 36.2 Å². The molecule has 1 heterocycles. The van der Waals surface area contributed by atoms with Gasteiger partial charge in [-0.2, -0.15) is 0 Å². The van der Waals surface area contributed by atoms with Crippen LogP contribution in [0.2, 0.25) is 0 Å². The van der Waals surface area contributed by atoms with Crippen LogP contribution in [0.15, 0.2) is 41.6 Å². The Morgan fingerprint density at radius 3 is 2.64 bits per heavy atom. The van der Waals surface area contributed by atoms with Gasteiger partial charge in [0.05, 0.1) is 0 Å². The quantitative estimate of drug-likeness (QED) is 0.260. The molecule has 0 aliphatic carbocycles. The van der Waals surface area contributed by atoms with E-state index < -0.39 is 0 Å². The highest BCUT2D eigenvalue weighted by Gasteiger charge is 2.23. The van der Waals surface area contributed by atoms with E-state index in [1.807, 2.05) is 24.3 Å². The highest BCUT2D eigenvalue weighted by molar-refractivity contribution is 6.04. The lowest BCUT2D eigenvalue weighted by molar-refractivity contribution is 0.313. The van der Waals surface area contributed by atoms with Crippen LogP contribution in [-0.4, -0.2) is 29.5 Å².